The number of rotatable bonds is 7. The molecule has 0 heterocycles. The standard InChI is InChI=1S/C23H21N3O4/c1-29-20-11-3-16(4-12-20)15-24-26-23(28)18-5-9-19(10-6-18)25-22(27)17-7-13-21(30-2)14-8-17/h3-15H,1-2H3,(H,25,27)(H,26,28)/b24-15-. The van der Waals surface area contributed by atoms with Crippen LogP contribution in [-0.2, 0) is 0 Å². The zero-order chi connectivity index (χ0) is 21.3. The second-order valence-electron chi connectivity index (χ2n) is 6.23. The van der Waals surface area contributed by atoms with Crippen molar-refractivity contribution < 1.29 is 19.1 Å². The lowest BCUT2D eigenvalue weighted by Gasteiger charge is -2.07. The molecule has 0 fully saturated rings. The molecule has 3 aromatic carbocycles. The highest BCUT2D eigenvalue weighted by molar-refractivity contribution is 6.04. The summed E-state index contributed by atoms with van der Waals surface area (Å²) in [4.78, 5) is 24.5. The number of anilines is 1. The number of hydrogen-bond acceptors (Lipinski definition) is 5. The first kappa shape index (κ1) is 20.6. The number of benzene rings is 3. The van der Waals surface area contributed by atoms with Crippen molar-refractivity contribution in [2.45, 2.75) is 0 Å². The van der Waals surface area contributed by atoms with E-state index in [1.54, 1.807) is 69.0 Å². The average Bonchev–Trinajstić information content (AvgIpc) is 2.80. The van der Waals surface area contributed by atoms with E-state index in [-0.39, 0.29) is 11.8 Å². The van der Waals surface area contributed by atoms with Crippen LogP contribution in [0.2, 0.25) is 0 Å². The Balaban J connectivity index is 1.55. The van der Waals surface area contributed by atoms with Crippen molar-refractivity contribution in [1.29, 1.82) is 0 Å². The summed E-state index contributed by atoms with van der Waals surface area (Å²) in [7, 11) is 3.16. The van der Waals surface area contributed by atoms with E-state index in [2.05, 4.69) is 15.8 Å². The summed E-state index contributed by atoms with van der Waals surface area (Å²) in [5.41, 5.74) is 4.80. The fourth-order valence-corrected chi connectivity index (χ4v) is 2.57. The summed E-state index contributed by atoms with van der Waals surface area (Å²) in [5.74, 6) is 0.818. The van der Waals surface area contributed by atoms with E-state index < -0.39 is 0 Å². The Morgan fingerprint density at radius 3 is 1.80 bits per heavy atom. The number of ether oxygens (including phenoxy) is 2. The van der Waals surface area contributed by atoms with Gasteiger partial charge in [-0.1, -0.05) is 0 Å². The monoisotopic (exact) mass is 403 g/mol. The van der Waals surface area contributed by atoms with Gasteiger partial charge in [0.2, 0.25) is 0 Å². The zero-order valence-corrected chi connectivity index (χ0v) is 16.6. The van der Waals surface area contributed by atoms with E-state index in [0.29, 0.717) is 22.6 Å². The lowest BCUT2D eigenvalue weighted by molar-refractivity contribution is 0.0954. The van der Waals surface area contributed by atoms with Crippen LogP contribution in [0.25, 0.3) is 0 Å². The first-order valence-corrected chi connectivity index (χ1v) is 9.12. The van der Waals surface area contributed by atoms with Gasteiger partial charge in [0.05, 0.1) is 20.4 Å². The van der Waals surface area contributed by atoms with Gasteiger partial charge in [-0.2, -0.15) is 5.10 Å². The highest BCUT2D eigenvalue weighted by Gasteiger charge is 2.08. The van der Waals surface area contributed by atoms with E-state index in [1.165, 1.54) is 0 Å². The second kappa shape index (κ2) is 9.88. The summed E-state index contributed by atoms with van der Waals surface area (Å²) < 4.78 is 10.2. The maximum absolute atomic E-state index is 12.3. The van der Waals surface area contributed by atoms with E-state index in [4.69, 9.17) is 9.47 Å². The van der Waals surface area contributed by atoms with Crippen LogP contribution >= 0.6 is 0 Å². The van der Waals surface area contributed by atoms with Crippen LogP contribution in [0.3, 0.4) is 0 Å². The smallest absolute Gasteiger partial charge is 0.271 e. The molecule has 0 spiro atoms. The number of carbonyl (C=O) groups is 2. The van der Waals surface area contributed by atoms with Gasteiger partial charge in [0.25, 0.3) is 11.8 Å². The van der Waals surface area contributed by atoms with Gasteiger partial charge in [-0.25, -0.2) is 5.43 Å². The predicted molar refractivity (Wildman–Crippen MR) is 115 cm³/mol. The summed E-state index contributed by atoms with van der Waals surface area (Å²) in [6.45, 7) is 0. The summed E-state index contributed by atoms with van der Waals surface area (Å²) in [6.07, 6.45) is 1.54. The van der Waals surface area contributed by atoms with Crippen LogP contribution in [0.5, 0.6) is 11.5 Å². The molecule has 0 aliphatic rings. The lowest BCUT2D eigenvalue weighted by Crippen LogP contribution is -2.17. The number of nitrogens with one attached hydrogen (secondary N) is 2. The molecule has 7 heteroatoms. The second-order valence-corrected chi connectivity index (χ2v) is 6.23. The maximum atomic E-state index is 12.3. The van der Waals surface area contributed by atoms with Gasteiger partial charge >= 0.3 is 0 Å². The van der Waals surface area contributed by atoms with Crippen LogP contribution < -0.4 is 20.2 Å². The molecule has 3 rings (SSSR count). The number of amides is 2. The Hall–Kier alpha value is -4.13. The van der Waals surface area contributed by atoms with Gasteiger partial charge in [-0.05, 0) is 78.4 Å². The minimum atomic E-state index is -0.354. The van der Waals surface area contributed by atoms with Crippen molar-refractivity contribution in [3.63, 3.8) is 0 Å². The Bertz CT molecular complexity index is 1030. The molecule has 2 amide bonds. The number of carbonyl (C=O) groups excluding carboxylic acids is 2. The number of methoxy groups -OCH3 is 2. The lowest BCUT2D eigenvalue weighted by atomic mass is 10.1. The third kappa shape index (κ3) is 5.45. The van der Waals surface area contributed by atoms with E-state index >= 15 is 0 Å². The van der Waals surface area contributed by atoms with Crippen molar-refractivity contribution >= 4 is 23.7 Å². The molecule has 0 radical (unpaired) electrons. The molecule has 0 saturated heterocycles. The van der Waals surface area contributed by atoms with Gasteiger partial charge in [0.15, 0.2) is 0 Å². The molecule has 0 unspecified atom stereocenters. The first-order chi connectivity index (χ1) is 14.6. The van der Waals surface area contributed by atoms with E-state index in [1.807, 2.05) is 24.3 Å². The average molecular weight is 403 g/mol. The third-order valence-electron chi connectivity index (χ3n) is 4.25. The summed E-state index contributed by atoms with van der Waals surface area (Å²) >= 11 is 0. The molecular formula is C23H21N3O4. The predicted octanol–water partition coefficient (Wildman–Crippen LogP) is 3.72. The van der Waals surface area contributed by atoms with Crippen LogP contribution in [0.15, 0.2) is 77.9 Å². The fourth-order valence-electron chi connectivity index (χ4n) is 2.57. The molecule has 3 aromatic rings. The Kier molecular flexibility index (Phi) is 6.78. The highest BCUT2D eigenvalue weighted by atomic mass is 16.5. The van der Waals surface area contributed by atoms with Gasteiger partial charge in [0, 0.05) is 16.8 Å². The number of nitrogens with zero attached hydrogens (tertiary/aromatic N) is 1. The largest absolute Gasteiger partial charge is 0.497 e. The topological polar surface area (TPSA) is 89.0 Å². The van der Waals surface area contributed by atoms with Crippen molar-refractivity contribution in [1.82, 2.24) is 5.43 Å². The summed E-state index contributed by atoms with van der Waals surface area (Å²) in [5, 5.41) is 6.74. The van der Waals surface area contributed by atoms with Crippen molar-refractivity contribution in [3.05, 3.63) is 89.5 Å². The Labute approximate surface area is 174 Å². The third-order valence-corrected chi connectivity index (χ3v) is 4.25. The molecule has 7 nitrogen and oxygen atoms in total. The van der Waals surface area contributed by atoms with Gasteiger partial charge < -0.3 is 14.8 Å². The van der Waals surface area contributed by atoms with Crippen LogP contribution in [0.4, 0.5) is 5.69 Å². The van der Waals surface area contributed by atoms with E-state index in [0.717, 1.165) is 11.3 Å². The van der Waals surface area contributed by atoms with Crippen LogP contribution in [-0.4, -0.2) is 32.2 Å². The molecule has 30 heavy (non-hydrogen) atoms. The molecular weight excluding hydrogens is 382 g/mol. The zero-order valence-electron chi connectivity index (χ0n) is 16.6. The molecule has 0 aliphatic heterocycles. The minimum absolute atomic E-state index is 0.251. The van der Waals surface area contributed by atoms with Crippen LogP contribution in [0.1, 0.15) is 26.3 Å². The maximum Gasteiger partial charge on any atom is 0.271 e. The minimum Gasteiger partial charge on any atom is -0.497 e. The molecule has 0 aromatic heterocycles. The number of hydrazone groups is 1. The van der Waals surface area contributed by atoms with Crippen molar-refractivity contribution in [2.75, 3.05) is 19.5 Å². The molecule has 0 aliphatic carbocycles. The Morgan fingerprint density at radius 2 is 1.23 bits per heavy atom. The molecule has 152 valence electrons. The molecule has 0 saturated carbocycles. The fraction of sp³-hybridized carbons (Fsp3) is 0.0870. The highest BCUT2D eigenvalue weighted by Crippen LogP contribution is 2.15. The molecule has 0 bridgehead atoms. The SMILES string of the molecule is COc1ccc(/C=N\NC(=O)c2ccc(NC(=O)c3ccc(OC)cc3)cc2)cc1. The number of hydrogen-bond donors (Lipinski definition) is 2. The Morgan fingerprint density at radius 1 is 0.733 bits per heavy atom. The normalized spacial score (nSPS) is 10.5. The summed E-state index contributed by atoms with van der Waals surface area (Å²) in [6, 6.07) is 20.6. The first-order valence-electron chi connectivity index (χ1n) is 9.12. The van der Waals surface area contributed by atoms with Gasteiger partial charge in [0.1, 0.15) is 11.5 Å². The van der Waals surface area contributed by atoms with Gasteiger partial charge in [-0.15, -0.1) is 0 Å². The van der Waals surface area contributed by atoms with Crippen LogP contribution in [0, 0.1) is 0 Å². The van der Waals surface area contributed by atoms with Gasteiger partial charge in [-0.3, -0.25) is 9.59 Å². The van der Waals surface area contributed by atoms with Crippen molar-refractivity contribution in [2.24, 2.45) is 5.10 Å². The molecule has 2 N–H and O–H groups in total. The quantitative estimate of drug-likeness (QED) is 0.465. The molecule has 0 atom stereocenters. The van der Waals surface area contributed by atoms with Crippen molar-refractivity contribution in [3.8, 4) is 11.5 Å². The van der Waals surface area contributed by atoms with E-state index in [9.17, 15) is 9.59 Å².